The van der Waals surface area contributed by atoms with Gasteiger partial charge in [0.2, 0.25) is 0 Å². The molecule has 5 heteroatoms. The molecular weight excluding hydrogens is 404 g/mol. The molecule has 0 aliphatic carbocycles. The van der Waals surface area contributed by atoms with Gasteiger partial charge in [0, 0.05) is 24.7 Å². The molecule has 3 aliphatic heterocycles. The maximum atomic E-state index is 9.87. The molecule has 0 aromatic carbocycles. The van der Waals surface area contributed by atoms with Crippen molar-refractivity contribution in [2.75, 3.05) is 19.8 Å². The van der Waals surface area contributed by atoms with E-state index in [0.717, 1.165) is 19.3 Å². The van der Waals surface area contributed by atoms with Crippen LogP contribution in [0.15, 0.2) is 48.6 Å². The van der Waals surface area contributed by atoms with E-state index in [0.29, 0.717) is 39.1 Å². The summed E-state index contributed by atoms with van der Waals surface area (Å²) in [6, 6.07) is 0. The third-order valence-electron chi connectivity index (χ3n) is 5.02. The molecule has 32 heavy (non-hydrogen) atoms. The van der Waals surface area contributed by atoms with Crippen LogP contribution in [0.25, 0.3) is 0 Å². The maximum absolute atomic E-state index is 9.87. The fourth-order valence-corrected chi connectivity index (χ4v) is 3.07. The molecule has 3 fully saturated rings. The van der Waals surface area contributed by atoms with Gasteiger partial charge in [0.15, 0.2) is 0 Å². The predicted molar refractivity (Wildman–Crippen MR) is 126 cm³/mol. The van der Waals surface area contributed by atoms with Crippen molar-refractivity contribution < 1.29 is 24.4 Å². The molecule has 5 nitrogen and oxygen atoms in total. The predicted octanol–water partition coefficient (Wildman–Crippen LogP) is 4.04. The van der Waals surface area contributed by atoms with Crippen LogP contribution in [-0.2, 0) is 14.2 Å². The van der Waals surface area contributed by atoms with E-state index in [1.54, 1.807) is 12.2 Å². The van der Waals surface area contributed by atoms with Crippen LogP contribution in [0, 0.1) is 29.1 Å². The molecule has 3 heterocycles. The summed E-state index contributed by atoms with van der Waals surface area (Å²) in [7, 11) is 0. The maximum Gasteiger partial charge on any atom is 0.283 e. The van der Waals surface area contributed by atoms with Crippen molar-refractivity contribution in [3.05, 3.63) is 48.6 Å². The highest BCUT2D eigenvalue weighted by Crippen LogP contribution is 2.40. The number of hydrogen-bond donors (Lipinski definition) is 2. The van der Waals surface area contributed by atoms with Crippen LogP contribution in [0.3, 0.4) is 0 Å². The summed E-state index contributed by atoms with van der Waals surface area (Å²) >= 11 is 0. The van der Waals surface area contributed by atoms with Gasteiger partial charge >= 0.3 is 0 Å². The lowest BCUT2D eigenvalue weighted by Gasteiger charge is -2.50. The van der Waals surface area contributed by atoms with E-state index in [9.17, 15) is 10.2 Å². The molecule has 2 atom stereocenters. The van der Waals surface area contributed by atoms with Crippen molar-refractivity contribution in [3.8, 4) is 23.7 Å². The van der Waals surface area contributed by atoms with Gasteiger partial charge in [-0.05, 0) is 31.4 Å². The molecule has 0 unspecified atom stereocenters. The topological polar surface area (TPSA) is 68.2 Å². The van der Waals surface area contributed by atoms with Crippen molar-refractivity contribution >= 4 is 0 Å². The van der Waals surface area contributed by atoms with Crippen LogP contribution in [0.5, 0.6) is 0 Å². The van der Waals surface area contributed by atoms with Gasteiger partial charge in [0.1, 0.15) is 12.2 Å². The summed E-state index contributed by atoms with van der Waals surface area (Å²) in [6.45, 7) is 6.22. The quantitative estimate of drug-likeness (QED) is 0.396. The Labute approximate surface area is 192 Å². The van der Waals surface area contributed by atoms with E-state index in [2.05, 4.69) is 42.8 Å². The molecule has 0 amide bonds. The SMILES string of the molecule is CC/C=C\C[C@H](O)C#C/C=C\C#C[C@@H](O)C/C=C\C/C=C\CCC12OCC(C)(CO1)CO2. The third-order valence-corrected chi connectivity index (χ3v) is 5.02. The second-order valence-electron chi connectivity index (χ2n) is 8.37. The summed E-state index contributed by atoms with van der Waals surface area (Å²) in [5.41, 5.74) is -0.00314. The van der Waals surface area contributed by atoms with Crippen molar-refractivity contribution in [2.24, 2.45) is 5.41 Å². The normalized spacial score (nSPS) is 27.0. The highest BCUT2D eigenvalue weighted by atomic mass is 16.9. The Hall–Kier alpha value is -2.12. The van der Waals surface area contributed by atoms with E-state index in [1.165, 1.54) is 0 Å². The summed E-state index contributed by atoms with van der Waals surface area (Å²) < 4.78 is 17.3. The lowest BCUT2D eigenvalue weighted by molar-refractivity contribution is -0.467. The minimum atomic E-state index is -0.855. The lowest BCUT2D eigenvalue weighted by atomic mass is 9.91. The molecule has 3 aliphatic rings. The zero-order chi connectivity index (χ0) is 23.1. The van der Waals surface area contributed by atoms with E-state index < -0.39 is 18.2 Å². The number of allylic oxidation sites excluding steroid dienone is 6. The first-order chi connectivity index (χ1) is 15.5. The molecule has 2 bridgehead atoms. The first-order valence-corrected chi connectivity index (χ1v) is 11.4. The first kappa shape index (κ1) is 26.1. The standard InChI is InChI=1S/C27H36O5/c1-3-4-11-16-24(28)18-13-8-9-14-19-25(29)17-12-7-5-6-10-15-20-27-30-21-26(2,22-31-27)23-32-27/h4,6-12,24-25,28-29H,3,5,15-17,20-23H2,1-2H3/b9-8-,10-6-,11-4-,12-7-/t24-,25-,26?,27?/m0/s1. The summed E-state index contributed by atoms with van der Waals surface area (Å²) in [5.74, 6) is 10.1. The van der Waals surface area contributed by atoms with E-state index in [-0.39, 0.29) is 5.41 Å². The Morgan fingerprint density at radius 2 is 1.34 bits per heavy atom. The fourth-order valence-electron chi connectivity index (χ4n) is 3.07. The van der Waals surface area contributed by atoms with E-state index in [1.807, 2.05) is 31.2 Å². The second-order valence-corrected chi connectivity index (χ2v) is 8.37. The average Bonchev–Trinajstić information content (AvgIpc) is 2.79. The number of rotatable bonds is 10. The van der Waals surface area contributed by atoms with Gasteiger partial charge in [0.05, 0.1) is 19.8 Å². The first-order valence-electron chi connectivity index (χ1n) is 11.4. The summed E-state index contributed by atoms with van der Waals surface area (Å²) in [5, 5.41) is 19.5. The Morgan fingerprint density at radius 3 is 1.91 bits per heavy atom. The van der Waals surface area contributed by atoms with Crippen LogP contribution in [0.1, 0.15) is 52.4 Å². The smallest absolute Gasteiger partial charge is 0.283 e. The van der Waals surface area contributed by atoms with Crippen LogP contribution in [-0.4, -0.2) is 48.2 Å². The summed E-state index contributed by atoms with van der Waals surface area (Å²) in [6.07, 6.45) is 18.0. The number of fused-ring (bicyclic) bond motifs is 3. The molecule has 3 saturated heterocycles. The molecule has 2 N–H and O–H groups in total. The van der Waals surface area contributed by atoms with Crippen LogP contribution >= 0.6 is 0 Å². The van der Waals surface area contributed by atoms with Crippen LogP contribution in [0.2, 0.25) is 0 Å². The van der Waals surface area contributed by atoms with Gasteiger partial charge in [-0.15, -0.1) is 0 Å². The second kappa shape index (κ2) is 14.1. The van der Waals surface area contributed by atoms with Gasteiger partial charge in [-0.25, -0.2) is 0 Å². The average molecular weight is 441 g/mol. The minimum Gasteiger partial charge on any atom is -0.380 e. The molecule has 0 aromatic rings. The van der Waals surface area contributed by atoms with Crippen LogP contribution in [0.4, 0.5) is 0 Å². The molecule has 0 radical (unpaired) electrons. The minimum absolute atomic E-state index is 0.00314. The lowest BCUT2D eigenvalue weighted by Crippen LogP contribution is -2.58. The van der Waals surface area contributed by atoms with Gasteiger partial charge < -0.3 is 24.4 Å². The number of aliphatic hydroxyl groups is 2. The fraction of sp³-hybridized carbons (Fsp3) is 0.556. The number of aliphatic hydroxyl groups excluding tert-OH is 2. The largest absolute Gasteiger partial charge is 0.380 e. The van der Waals surface area contributed by atoms with E-state index in [4.69, 9.17) is 14.2 Å². The Morgan fingerprint density at radius 1 is 0.812 bits per heavy atom. The highest BCUT2D eigenvalue weighted by Gasteiger charge is 2.49. The monoisotopic (exact) mass is 440 g/mol. The number of ether oxygens (including phenoxy) is 3. The van der Waals surface area contributed by atoms with Gasteiger partial charge in [-0.1, -0.05) is 74.0 Å². The molecule has 174 valence electrons. The molecule has 0 saturated carbocycles. The van der Waals surface area contributed by atoms with Crippen LogP contribution < -0.4 is 0 Å². The zero-order valence-electron chi connectivity index (χ0n) is 19.3. The third kappa shape index (κ3) is 10.0. The zero-order valence-corrected chi connectivity index (χ0v) is 19.3. The molecule has 3 rings (SSSR count). The van der Waals surface area contributed by atoms with Gasteiger partial charge in [-0.3, -0.25) is 0 Å². The molecule has 0 spiro atoms. The van der Waals surface area contributed by atoms with Crippen molar-refractivity contribution in [2.45, 2.75) is 70.6 Å². The van der Waals surface area contributed by atoms with Crippen molar-refractivity contribution in [1.29, 1.82) is 0 Å². The Kier molecular flexibility index (Phi) is 11.5. The summed E-state index contributed by atoms with van der Waals surface area (Å²) in [4.78, 5) is 0. The Bertz CT molecular complexity index is 775. The van der Waals surface area contributed by atoms with E-state index >= 15 is 0 Å². The van der Waals surface area contributed by atoms with Gasteiger partial charge in [0.25, 0.3) is 5.97 Å². The highest BCUT2D eigenvalue weighted by molar-refractivity contribution is 5.27. The van der Waals surface area contributed by atoms with Crippen molar-refractivity contribution in [1.82, 2.24) is 0 Å². The van der Waals surface area contributed by atoms with Gasteiger partial charge in [-0.2, -0.15) is 0 Å². The van der Waals surface area contributed by atoms with Crippen molar-refractivity contribution in [3.63, 3.8) is 0 Å². The Balaban J connectivity index is 1.55. The molecule has 0 aromatic heterocycles. The molecular formula is C27H36O5. The number of hydrogen-bond acceptors (Lipinski definition) is 5.